The van der Waals surface area contributed by atoms with E-state index in [9.17, 15) is 4.79 Å². The number of nitrogens with two attached hydrogens (primary N) is 1. The van der Waals surface area contributed by atoms with Crippen molar-refractivity contribution in [1.29, 1.82) is 0 Å². The molecule has 4 nitrogen and oxygen atoms in total. The molecule has 0 atom stereocenters. The third kappa shape index (κ3) is 2.70. The van der Waals surface area contributed by atoms with Crippen molar-refractivity contribution in [2.45, 2.75) is 13.8 Å². The van der Waals surface area contributed by atoms with E-state index in [-0.39, 0.29) is 5.91 Å². The van der Waals surface area contributed by atoms with Crippen LogP contribution >= 0.6 is 27.3 Å². The number of aryl methyl sites for hydroxylation is 2. The second kappa shape index (κ2) is 5.07. The van der Waals surface area contributed by atoms with Crippen LogP contribution in [-0.4, -0.2) is 10.9 Å². The molecule has 0 fully saturated rings. The summed E-state index contributed by atoms with van der Waals surface area (Å²) in [6, 6.07) is 3.71. The number of thiazole rings is 1. The molecule has 0 unspecified atom stereocenters. The molecule has 0 saturated heterocycles. The van der Waals surface area contributed by atoms with Gasteiger partial charge in [-0.3, -0.25) is 4.79 Å². The van der Waals surface area contributed by atoms with E-state index in [1.54, 1.807) is 5.38 Å². The normalized spacial score (nSPS) is 10.4. The van der Waals surface area contributed by atoms with Crippen LogP contribution in [0.3, 0.4) is 0 Å². The number of nitrogen functional groups attached to an aromatic ring is 1. The van der Waals surface area contributed by atoms with Gasteiger partial charge in [-0.25, -0.2) is 4.98 Å². The third-order valence-corrected chi connectivity index (χ3v) is 3.75. The second-order valence-corrected chi connectivity index (χ2v) is 5.83. The van der Waals surface area contributed by atoms with E-state index >= 15 is 0 Å². The van der Waals surface area contributed by atoms with E-state index in [1.807, 2.05) is 26.0 Å². The number of halogens is 1. The van der Waals surface area contributed by atoms with Crippen LogP contribution in [-0.2, 0) is 0 Å². The molecule has 3 N–H and O–H groups in total. The Morgan fingerprint density at radius 1 is 1.44 bits per heavy atom. The lowest BCUT2D eigenvalue weighted by molar-refractivity contribution is 0.102. The van der Waals surface area contributed by atoms with Gasteiger partial charge in [0.05, 0.1) is 16.4 Å². The Labute approximate surface area is 117 Å². The Morgan fingerprint density at radius 3 is 2.72 bits per heavy atom. The predicted molar refractivity (Wildman–Crippen MR) is 78.1 cm³/mol. The summed E-state index contributed by atoms with van der Waals surface area (Å²) in [5, 5.41) is 5.35. The highest BCUT2D eigenvalue weighted by Gasteiger charge is 2.13. The molecule has 0 bridgehead atoms. The SMILES string of the molecule is Cc1cc(N)c(NC(=O)c2csc(C)n2)c(Br)c1. The zero-order valence-electron chi connectivity index (χ0n) is 9.95. The number of aromatic nitrogens is 1. The molecule has 0 radical (unpaired) electrons. The summed E-state index contributed by atoms with van der Waals surface area (Å²) in [5.74, 6) is -0.254. The minimum Gasteiger partial charge on any atom is -0.397 e. The fraction of sp³-hybridized carbons (Fsp3) is 0.167. The van der Waals surface area contributed by atoms with Crippen molar-refractivity contribution in [2.24, 2.45) is 0 Å². The van der Waals surface area contributed by atoms with Gasteiger partial charge in [-0.15, -0.1) is 11.3 Å². The predicted octanol–water partition coefficient (Wildman–Crippen LogP) is 3.36. The highest BCUT2D eigenvalue weighted by atomic mass is 79.9. The number of hydrogen-bond acceptors (Lipinski definition) is 4. The van der Waals surface area contributed by atoms with Crippen molar-refractivity contribution < 1.29 is 4.79 Å². The van der Waals surface area contributed by atoms with Gasteiger partial charge in [-0.05, 0) is 47.5 Å². The van der Waals surface area contributed by atoms with Crippen LogP contribution in [0.4, 0.5) is 11.4 Å². The molecule has 1 heterocycles. The molecule has 0 aliphatic carbocycles. The summed E-state index contributed by atoms with van der Waals surface area (Å²) >= 11 is 4.83. The van der Waals surface area contributed by atoms with E-state index in [0.29, 0.717) is 17.1 Å². The van der Waals surface area contributed by atoms with E-state index in [1.165, 1.54) is 11.3 Å². The van der Waals surface area contributed by atoms with E-state index < -0.39 is 0 Å². The summed E-state index contributed by atoms with van der Waals surface area (Å²) in [4.78, 5) is 16.1. The number of carbonyl (C=O) groups excluding carboxylic acids is 1. The van der Waals surface area contributed by atoms with E-state index in [4.69, 9.17) is 5.73 Å². The summed E-state index contributed by atoms with van der Waals surface area (Å²) in [5.41, 5.74) is 8.44. The first kappa shape index (κ1) is 13.0. The summed E-state index contributed by atoms with van der Waals surface area (Å²) in [6.45, 7) is 3.80. The van der Waals surface area contributed by atoms with Gasteiger partial charge in [0.15, 0.2) is 0 Å². The second-order valence-electron chi connectivity index (χ2n) is 3.92. The first-order valence-corrected chi connectivity index (χ1v) is 6.93. The van der Waals surface area contributed by atoms with Gasteiger partial charge in [0.2, 0.25) is 0 Å². The quantitative estimate of drug-likeness (QED) is 0.832. The standard InChI is InChI=1S/C12H12BrN3OS/c1-6-3-8(13)11(9(14)4-6)16-12(17)10-5-18-7(2)15-10/h3-5H,14H2,1-2H3,(H,16,17). The first-order valence-electron chi connectivity index (χ1n) is 5.26. The molecular formula is C12H12BrN3OS. The Balaban J connectivity index is 2.27. The lowest BCUT2D eigenvalue weighted by atomic mass is 10.2. The molecule has 0 aliphatic heterocycles. The first-order chi connectivity index (χ1) is 8.47. The van der Waals surface area contributed by atoms with Crippen LogP contribution < -0.4 is 11.1 Å². The summed E-state index contributed by atoms with van der Waals surface area (Å²) in [7, 11) is 0. The van der Waals surface area contributed by atoms with E-state index in [2.05, 4.69) is 26.2 Å². The van der Waals surface area contributed by atoms with Crippen LogP contribution in [0.1, 0.15) is 21.1 Å². The fourth-order valence-electron chi connectivity index (χ4n) is 1.55. The van der Waals surface area contributed by atoms with Gasteiger partial charge < -0.3 is 11.1 Å². The molecule has 94 valence electrons. The largest absolute Gasteiger partial charge is 0.397 e. The zero-order chi connectivity index (χ0) is 13.3. The van der Waals surface area contributed by atoms with Gasteiger partial charge in [0.25, 0.3) is 5.91 Å². The number of benzene rings is 1. The van der Waals surface area contributed by atoms with Crippen molar-refractivity contribution in [3.63, 3.8) is 0 Å². The van der Waals surface area contributed by atoms with Gasteiger partial charge >= 0.3 is 0 Å². The Bertz CT molecular complexity index is 586. The summed E-state index contributed by atoms with van der Waals surface area (Å²) in [6.07, 6.45) is 0. The summed E-state index contributed by atoms with van der Waals surface area (Å²) < 4.78 is 0.764. The number of nitrogens with zero attached hydrogens (tertiary/aromatic N) is 1. The Kier molecular flexibility index (Phi) is 3.68. The zero-order valence-corrected chi connectivity index (χ0v) is 12.4. The molecule has 0 aliphatic rings. The molecule has 2 rings (SSSR count). The molecule has 18 heavy (non-hydrogen) atoms. The lowest BCUT2D eigenvalue weighted by Gasteiger charge is -2.10. The highest BCUT2D eigenvalue weighted by Crippen LogP contribution is 2.30. The third-order valence-electron chi connectivity index (χ3n) is 2.36. The average Bonchev–Trinajstić information content (AvgIpc) is 2.70. The average molecular weight is 326 g/mol. The van der Waals surface area contributed by atoms with Crippen molar-refractivity contribution in [3.8, 4) is 0 Å². The topological polar surface area (TPSA) is 68.0 Å². The van der Waals surface area contributed by atoms with Crippen molar-refractivity contribution in [1.82, 2.24) is 4.98 Å². The molecule has 0 spiro atoms. The number of hydrogen-bond donors (Lipinski definition) is 2. The van der Waals surface area contributed by atoms with E-state index in [0.717, 1.165) is 15.0 Å². The van der Waals surface area contributed by atoms with Crippen LogP contribution in [0.25, 0.3) is 0 Å². The molecular weight excluding hydrogens is 314 g/mol. The maximum absolute atomic E-state index is 12.0. The molecule has 6 heteroatoms. The van der Waals surface area contributed by atoms with Crippen LogP contribution in [0.2, 0.25) is 0 Å². The number of nitrogens with one attached hydrogen (secondary N) is 1. The number of amides is 1. The van der Waals surface area contributed by atoms with Gasteiger partial charge in [0.1, 0.15) is 5.69 Å². The van der Waals surface area contributed by atoms with Crippen LogP contribution in [0.15, 0.2) is 22.0 Å². The maximum atomic E-state index is 12.0. The van der Waals surface area contributed by atoms with Gasteiger partial charge in [0, 0.05) is 9.85 Å². The van der Waals surface area contributed by atoms with Gasteiger partial charge in [-0.2, -0.15) is 0 Å². The van der Waals surface area contributed by atoms with Crippen molar-refractivity contribution >= 4 is 44.5 Å². The van der Waals surface area contributed by atoms with Gasteiger partial charge in [-0.1, -0.05) is 0 Å². The fourth-order valence-corrected chi connectivity index (χ4v) is 2.83. The number of carbonyl (C=O) groups is 1. The molecule has 2 aromatic rings. The van der Waals surface area contributed by atoms with Crippen LogP contribution in [0.5, 0.6) is 0 Å². The minimum absolute atomic E-state index is 0.254. The Hall–Kier alpha value is -1.40. The molecule has 1 aromatic heterocycles. The minimum atomic E-state index is -0.254. The monoisotopic (exact) mass is 325 g/mol. The molecule has 0 saturated carbocycles. The molecule has 1 amide bonds. The van der Waals surface area contributed by atoms with Crippen molar-refractivity contribution in [3.05, 3.63) is 38.3 Å². The molecule has 1 aromatic carbocycles. The lowest BCUT2D eigenvalue weighted by Crippen LogP contribution is -2.14. The Morgan fingerprint density at radius 2 is 2.17 bits per heavy atom. The number of rotatable bonds is 2. The number of anilines is 2. The van der Waals surface area contributed by atoms with Crippen LogP contribution in [0, 0.1) is 13.8 Å². The van der Waals surface area contributed by atoms with Crippen molar-refractivity contribution in [2.75, 3.05) is 11.1 Å². The smallest absolute Gasteiger partial charge is 0.275 e. The maximum Gasteiger partial charge on any atom is 0.275 e. The highest BCUT2D eigenvalue weighted by molar-refractivity contribution is 9.10.